The molecular weight excluding hydrogens is 251 g/mol. The lowest BCUT2D eigenvalue weighted by molar-refractivity contribution is 0.503. The van der Waals surface area contributed by atoms with Crippen molar-refractivity contribution in [3.8, 4) is 0 Å². The van der Waals surface area contributed by atoms with Crippen molar-refractivity contribution in [2.45, 2.75) is 58.7 Å². The number of hydrogen-bond donors (Lipinski definition) is 1. The van der Waals surface area contributed by atoms with Gasteiger partial charge < -0.3 is 10.2 Å². The van der Waals surface area contributed by atoms with Gasteiger partial charge in [0, 0.05) is 31.4 Å². The summed E-state index contributed by atoms with van der Waals surface area (Å²) in [4.78, 5) is 2.18. The minimum atomic E-state index is -0.140. The Morgan fingerprint density at radius 2 is 1.95 bits per heavy atom. The molecule has 1 saturated carbocycles. The third-order valence-corrected chi connectivity index (χ3v) is 4.00. The van der Waals surface area contributed by atoms with E-state index in [0.29, 0.717) is 18.0 Å². The average molecular weight is 278 g/mol. The van der Waals surface area contributed by atoms with Gasteiger partial charge in [-0.25, -0.2) is 4.39 Å². The number of nitrogens with zero attached hydrogens (tertiary/aromatic N) is 1. The first-order valence-corrected chi connectivity index (χ1v) is 7.71. The standard InChI is InChI=1S/C17H27FN2/c1-12(2)7-13(3)20(4)17-9-14(8-15(18)10-17)11-19-16-5-6-16/h8-10,12-13,16,19H,5-7,11H2,1-4H3. The largest absolute Gasteiger partial charge is 0.372 e. The summed E-state index contributed by atoms with van der Waals surface area (Å²) in [6, 6.07) is 6.45. The zero-order chi connectivity index (χ0) is 14.7. The van der Waals surface area contributed by atoms with Gasteiger partial charge in [0.15, 0.2) is 0 Å². The van der Waals surface area contributed by atoms with Crippen LogP contribution in [-0.4, -0.2) is 19.1 Å². The molecule has 0 saturated heterocycles. The summed E-state index contributed by atoms with van der Waals surface area (Å²) in [5.41, 5.74) is 2.02. The molecule has 1 atom stereocenters. The number of hydrogen-bond acceptors (Lipinski definition) is 2. The van der Waals surface area contributed by atoms with Crippen LogP contribution in [0, 0.1) is 11.7 Å². The molecule has 1 aromatic carbocycles. The Kier molecular flexibility index (Phi) is 5.03. The minimum Gasteiger partial charge on any atom is -0.372 e. The lowest BCUT2D eigenvalue weighted by Crippen LogP contribution is -2.30. The quantitative estimate of drug-likeness (QED) is 0.812. The molecule has 1 aromatic rings. The summed E-state index contributed by atoms with van der Waals surface area (Å²) in [5.74, 6) is 0.510. The van der Waals surface area contributed by atoms with Crippen LogP contribution in [-0.2, 0) is 6.54 Å². The molecule has 1 aliphatic carbocycles. The highest BCUT2D eigenvalue weighted by Crippen LogP contribution is 2.23. The number of nitrogens with one attached hydrogen (secondary N) is 1. The molecule has 0 amide bonds. The van der Waals surface area contributed by atoms with Gasteiger partial charge in [0.25, 0.3) is 0 Å². The summed E-state index contributed by atoms with van der Waals surface area (Å²) in [5, 5.41) is 3.44. The second-order valence-corrected chi connectivity index (χ2v) is 6.56. The molecule has 0 aromatic heterocycles. The van der Waals surface area contributed by atoms with E-state index >= 15 is 0 Å². The highest BCUT2D eigenvalue weighted by molar-refractivity contribution is 5.49. The second kappa shape index (κ2) is 6.57. The number of halogens is 1. The molecule has 0 spiro atoms. The highest BCUT2D eigenvalue weighted by atomic mass is 19.1. The molecule has 0 heterocycles. The molecule has 2 nitrogen and oxygen atoms in total. The normalized spacial score (nSPS) is 16.5. The zero-order valence-corrected chi connectivity index (χ0v) is 13.1. The van der Waals surface area contributed by atoms with E-state index in [1.807, 2.05) is 0 Å². The van der Waals surface area contributed by atoms with Crippen LogP contribution in [0.15, 0.2) is 18.2 Å². The van der Waals surface area contributed by atoms with Gasteiger partial charge in [-0.05, 0) is 55.9 Å². The van der Waals surface area contributed by atoms with E-state index in [-0.39, 0.29) is 5.82 Å². The van der Waals surface area contributed by atoms with Gasteiger partial charge in [-0.3, -0.25) is 0 Å². The minimum absolute atomic E-state index is 0.140. The van der Waals surface area contributed by atoms with Crippen molar-refractivity contribution in [1.29, 1.82) is 0 Å². The fourth-order valence-corrected chi connectivity index (χ4v) is 2.58. The van der Waals surface area contributed by atoms with Crippen LogP contribution >= 0.6 is 0 Å². The molecule has 20 heavy (non-hydrogen) atoms. The first kappa shape index (κ1) is 15.3. The molecule has 2 rings (SSSR count). The monoisotopic (exact) mass is 278 g/mol. The van der Waals surface area contributed by atoms with Gasteiger partial charge in [0.1, 0.15) is 5.82 Å². The van der Waals surface area contributed by atoms with Crippen LogP contribution in [0.2, 0.25) is 0 Å². The zero-order valence-electron chi connectivity index (χ0n) is 13.1. The number of anilines is 1. The number of benzene rings is 1. The Morgan fingerprint density at radius 1 is 1.25 bits per heavy atom. The molecule has 1 unspecified atom stereocenters. The summed E-state index contributed by atoms with van der Waals surface area (Å²) < 4.78 is 13.8. The molecule has 1 aliphatic rings. The van der Waals surface area contributed by atoms with E-state index < -0.39 is 0 Å². The second-order valence-electron chi connectivity index (χ2n) is 6.56. The van der Waals surface area contributed by atoms with Crippen LogP contribution in [0.25, 0.3) is 0 Å². The van der Waals surface area contributed by atoms with E-state index in [9.17, 15) is 4.39 Å². The third kappa shape index (κ3) is 4.48. The Bertz CT molecular complexity index is 441. The molecule has 0 aliphatic heterocycles. The fourth-order valence-electron chi connectivity index (χ4n) is 2.58. The molecule has 1 N–H and O–H groups in total. The van der Waals surface area contributed by atoms with Gasteiger partial charge in [0.05, 0.1) is 0 Å². The average Bonchev–Trinajstić information content (AvgIpc) is 3.18. The lowest BCUT2D eigenvalue weighted by atomic mass is 10.0. The van der Waals surface area contributed by atoms with Crippen molar-refractivity contribution >= 4 is 5.69 Å². The van der Waals surface area contributed by atoms with Crippen molar-refractivity contribution < 1.29 is 4.39 Å². The lowest BCUT2D eigenvalue weighted by Gasteiger charge is -2.29. The van der Waals surface area contributed by atoms with Gasteiger partial charge >= 0.3 is 0 Å². The van der Waals surface area contributed by atoms with Crippen molar-refractivity contribution in [2.24, 2.45) is 5.92 Å². The van der Waals surface area contributed by atoms with Gasteiger partial charge in [-0.15, -0.1) is 0 Å². The smallest absolute Gasteiger partial charge is 0.125 e. The molecule has 0 radical (unpaired) electrons. The topological polar surface area (TPSA) is 15.3 Å². The first-order valence-electron chi connectivity index (χ1n) is 7.71. The van der Waals surface area contributed by atoms with Gasteiger partial charge in [-0.1, -0.05) is 13.8 Å². The highest BCUT2D eigenvalue weighted by Gasteiger charge is 2.20. The molecule has 3 heteroatoms. The van der Waals surface area contributed by atoms with Crippen LogP contribution in [0.3, 0.4) is 0 Å². The maximum atomic E-state index is 13.8. The van der Waals surface area contributed by atoms with Crippen LogP contribution < -0.4 is 10.2 Å². The van der Waals surface area contributed by atoms with Gasteiger partial charge in [0.2, 0.25) is 0 Å². The van der Waals surface area contributed by atoms with E-state index in [2.05, 4.69) is 44.1 Å². The van der Waals surface area contributed by atoms with Gasteiger partial charge in [-0.2, -0.15) is 0 Å². The molecule has 0 bridgehead atoms. The Hall–Kier alpha value is -1.09. The number of rotatable bonds is 7. The third-order valence-electron chi connectivity index (χ3n) is 4.00. The predicted molar refractivity (Wildman–Crippen MR) is 83.6 cm³/mol. The van der Waals surface area contributed by atoms with E-state index in [0.717, 1.165) is 24.2 Å². The van der Waals surface area contributed by atoms with E-state index in [1.54, 1.807) is 12.1 Å². The van der Waals surface area contributed by atoms with E-state index in [4.69, 9.17) is 0 Å². The Morgan fingerprint density at radius 3 is 2.55 bits per heavy atom. The Labute approximate surface area is 122 Å². The predicted octanol–water partition coefficient (Wildman–Crippen LogP) is 3.95. The first-order chi connectivity index (χ1) is 9.45. The summed E-state index contributed by atoms with van der Waals surface area (Å²) in [6.07, 6.45) is 3.63. The molecular formula is C17H27FN2. The maximum Gasteiger partial charge on any atom is 0.125 e. The van der Waals surface area contributed by atoms with Crippen LogP contribution in [0.4, 0.5) is 10.1 Å². The van der Waals surface area contributed by atoms with Crippen molar-refractivity contribution in [2.75, 3.05) is 11.9 Å². The fraction of sp³-hybridized carbons (Fsp3) is 0.647. The van der Waals surface area contributed by atoms with Crippen molar-refractivity contribution in [3.63, 3.8) is 0 Å². The molecule has 112 valence electrons. The SMILES string of the molecule is CC(C)CC(C)N(C)c1cc(F)cc(CNC2CC2)c1. The van der Waals surface area contributed by atoms with Crippen molar-refractivity contribution in [3.05, 3.63) is 29.6 Å². The summed E-state index contributed by atoms with van der Waals surface area (Å²) >= 11 is 0. The maximum absolute atomic E-state index is 13.8. The van der Waals surface area contributed by atoms with Crippen molar-refractivity contribution in [1.82, 2.24) is 5.32 Å². The van der Waals surface area contributed by atoms with Crippen LogP contribution in [0.1, 0.15) is 45.6 Å². The summed E-state index contributed by atoms with van der Waals surface area (Å²) in [6.45, 7) is 7.41. The summed E-state index contributed by atoms with van der Waals surface area (Å²) in [7, 11) is 2.06. The van der Waals surface area contributed by atoms with Crippen LogP contribution in [0.5, 0.6) is 0 Å². The van der Waals surface area contributed by atoms with E-state index in [1.165, 1.54) is 12.8 Å². The molecule has 1 fully saturated rings. The Balaban J connectivity index is 2.04.